The van der Waals surface area contributed by atoms with E-state index in [1.54, 1.807) is 12.1 Å². The smallest absolute Gasteiger partial charge is 0.311 e. The summed E-state index contributed by atoms with van der Waals surface area (Å²) >= 11 is 0. The van der Waals surface area contributed by atoms with Gasteiger partial charge in [0.05, 0.1) is 35.2 Å². The van der Waals surface area contributed by atoms with E-state index in [1.165, 1.54) is 12.1 Å². The van der Waals surface area contributed by atoms with Crippen molar-refractivity contribution in [3.8, 4) is 0 Å². The molecule has 2 bridgehead atoms. The van der Waals surface area contributed by atoms with E-state index >= 15 is 0 Å². The summed E-state index contributed by atoms with van der Waals surface area (Å²) in [4.78, 5) is 12.5. The van der Waals surface area contributed by atoms with Crippen LogP contribution in [-0.2, 0) is 28.6 Å². The Morgan fingerprint density at radius 3 is 2.41 bits per heavy atom. The van der Waals surface area contributed by atoms with E-state index in [1.807, 2.05) is 34.6 Å². The van der Waals surface area contributed by atoms with Gasteiger partial charge in [0.25, 0.3) is 10.1 Å². The summed E-state index contributed by atoms with van der Waals surface area (Å²) in [5.74, 6) is -1.07. The first-order valence-electron chi connectivity index (χ1n) is 9.24. The molecule has 1 saturated carbocycles. The van der Waals surface area contributed by atoms with E-state index in [0.717, 1.165) is 5.56 Å². The van der Waals surface area contributed by atoms with Crippen molar-refractivity contribution in [1.82, 2.24) is 0 Å². The number of carbonyl (C=O) groups excluding carboxylic acids is 1. The Kier molecular flexibility index (Phi) is 5.16. The highest BCUT2D eigenvalue weighted by Gasteiger charge is 2.54. The van der Waals surface area contributed by atoms with Gasteiger partial charge in [0, 0.05) is 5.41 Å². The lowest BCUT2D eigenvalue weighted by Crippen LogP contribution is -2.50. The summed E-state index contributed by atoms with van der Waals surface area (Å²) in [6.07, 6.45) is -0.178. The summed E-state index contributed by atoms with van der Waals surface area (Å²) in [7, 11) is -3.97. The van der Waals surface area contributed by atoms with Gasteiger partial charge in [-0.1, -0.05) is 24.6 Å². The van der Waals surface area contributed by atoms with E-state index in [-0.39, 0.29) is 23.2 Å². The Balaban J connectivity index is 1.85. The number of ether oxygens (including phenoxy) is 2. The van der Waals surface area contributed by atoms with Crippen molar-refractivity contribution in [2.75, 3.05) is 6.61 Å². The van der Waals surface area contributed by atoms with Gasteiger partial charge >= 0.3 is 5.97 Å². The van der Waals surface area contributed by atoms with Gasteiger partial charge in [-0.05, 0) is 52.7 Å². The SMILES string of the molecule is Cc1ccc(S(=O)(=O)O[C@H]2C[C@@]3(C)COC(=O)[C@@H]2C[C@@H]3OC(C)(C)C)cc1. The lowest BCUT2D eigenvalue weighted by molar-refractivity contribution is -0.153. The van der Waals surface area contributed by atoms with Crippen molar-refractivity contribution in [1.29, 1.82) is 0 Å². The third-order valence-corrected chi connectivity index (χ3v) is 6.61. The van der Waals surface area contributed by atoms with E-state index < -0.39 is 33.5 Å². The largest absolute Gasteiger partial charge is 0.465 e. The minimum absolute atomic E-state index is 0.0919. The van der Waals surface area contributed by atoms with Gasteiger partial charge in [-0.2, -0.15) is 8.42 Å². The maximum Gasteiger partial charge on any atom is 0.311 e. The molecule has 0 amide bonds. The third kappa shape index (κ3) is 4.36. The Morgan fingerprint density at radius 1 is 1.19 bits per heavy atom. The quantitative estimate of drug-likeness (QED) is 0.574. The van der Waals surface area contributed by atoms with Gasteiger partial charge < -0.3 is 9.47 Å². The molecule has 2 aliphatic heterocycles. The molecule has 4 rings (SSSR count). The van der Waals surface area contributed by atoms with Crippen molar-refractivity contribution in [2.24, 2.45) is 11.3 Å². The molecule has 4 atom stereocenters. The van der Waals surface area contributed by atoms with Crippen LogP contribution in [0.4, 0.5) is 0 Å². The molecule has 0 radical (unpaired) electrons. The second kappa shape index (κ2) is 6.87. The number of fused-ring (bicyclic) bond motifs is 4. The molecule has 3 fully saturated rings. The first-order valence-corrected chi connectivity index (χ1v) is 10.6. The van der Waals surface area contributed by atoms with Crippen LogP contribution < -0.4 is 0 Å². The number of benzene rings is 1. The summed E-state index contributed by atoms with van der Waals surface area (Å²) in [6, 6.07) is 6.48. The summed E-state index contributed by atoms with van der Waals surface area (Å²) in [5.41, 5.74) is 0.0929. The van der Waals surface area contributed by atoms with Gasteiger partial charge in [-0.25, -0.2) is 0 Å². The lowest BCUT2D eigenvalue weighted by Gasteiger charge is -2.44. The maximum absolute atomic E-state index is 12.7. The average Bonchev–Trinajstić information content (AvgIpc) is 2.72. The minimum Gasteiger partial charge on any atom is -0.465 e. The summed E-state index contributed by atoms with van der Waals surface area (Å²) in [6.45, 7) is 9.95. The zero-order valence-corrected chi connectivity index (χ0v) is 17.3. The Bertz CT molecular complexity index is 808. The van der Waals surface area contributed by atoms with Crippen LogP contribution in [0.3, 0.4) is 0 Å². The molecular formula is C20H28O6S. The van der Waals surface area contributed by atoms with Crippen LogP contribution in [0.5, 0.6) is 0 Å². The Morgan fingerprint density at radius 2 is 1.81 bits per heavy atom. The van der Waals surface area contributed by atoms with Crippen molar-refractivity contribution in [3.63, 3.8) is 0 Å². The molecule has 2 saturated heterocycles. The van der Waals surface area contributed by atoms with Gasteiger partial charge in [-0.15, -0.1) is 0 Å². The fourth-order valence-corrected chi connectivity index (χ4v) is 4.89. The molecule has 1 aromatic rings. The molecule has 1 aliphatic carbocycles. The van der Waals surface area contributed by atoms with Crippen molar-refractivity contribution < 1.29 is 26.9 Å². The minimum atomic E-state index is -3.97. The molecule has 150 valence electrons. The third-order valence-electron chi connectivity index (χ3n) is 5.26. The van der Waals surface area contributed by atoms with Gasteiger partial charge in [0.2, 0.25) is 0 Å². The average molecular weight is 397 g/mol. The predicted molar refractivity (Wildman–Crippen MR) is 99.7 cm³/mol. The van der Waals surface area contributed by atoms with Crippen LogP contribution in [0, 0.1) is 18.3 Å². The highest BCUT2D eigenvalue weighted by molar-refractivity contribution is 7.86. The van der Waals surface area contributed by atoms with E-state index in [0.29, 0.717) is 12.8 Å². The Hall–Kier alpha value is -1.44. The molecule has 7 heteroatoms. The maximum atomic E-state index is 12.7. The molecule has 3 aliphatic rings. The number of rotatable bonds is 4. The second-order valence-corrected chi connectivity index (χ2v) is 10.5. The molecule has 1 aromatic carbocycles. The molecule has 0 spiro atoms. The monoisotopic (exact) mass is 396 g/mol. The second-order valence-electron chi connectivity index (χ2n) is 8.93. The van der Waals surface area contributed by atoms with Crippen LogP contribution in [0.25, 0.3) is 0 Å². The zero-order chi connectivity index (χ0) is 20.0. The molecule has 6 nitrogen and oxygen atoms in total. The first-order chi connectivity index (χ1) is 12.4. The van der Waals surface area contributed by atoms with Crippen LogP contribution in [-0.4, -0.2) is 38.8 Å². The normalized spacial score (nSPS) is 31.4. The molecule has 0 aromatic heterocycles. The topological polar surface area (TPSA) is 78.9 Å². The number of carbonyl (C=O) groups is 1. The number of hydrogen-bond acceptors (Lipinski definition) is 6. The molecule has 0 unspecified atom stereocenters. The van der Waals surface area contributed by atoms with Crippen LogP contribution in [0.15, 0.2) is 29.2 Å². The lowest BCUT2D eigenvalue weighted by atomic mass is 9.69. The zero-order valence-electron chi connectivity index (χ0n) is 16.5. The van der Waals surface area contributed by atoms with Crippen LogP contribution in [0.1, 0.15) is 46.1 Å². The van der Waals surface area contributed by atoms with Crippen molar-refractivity contribution in [2.45, 2.75) is 70.2 Å². The standard InChI is InChI=1S/C20H28O6S/c1-13-6-8-14(9-7-13)27(22,23)26-16-11-20(5)12-24-18(21)15(16)10-17(20)25-19(2,3)4/h6-9,15-17H,10-12H2,1-5H3/t15-,16+,17+,20+/m1/s1. The molecular weight excluding hydrogens is 368 g/mol. The van der Waals surface area contributed by atoms with E-state index in [9.17, 15) is 13.2 Å². The van der Waals surface area contributed by atoms with Gasteiger partial charge in [0.1, 0.15) is 0 Å². The van der Waals surface area contributed by atoms with Crippen LogP contribution in [0.2, 0.25) is 0 Å². The van der Waals surface area contributed by atoms with Crippen molar-refractivity contribution in [3.05, 3.63) is 29.8 Å². The number of hydrogen-bond donors (Lipinski definition) is 0. The van der Waals surface area contributed by atoms with Crippen molar-refractivity contribution >= 4 is 16.1 Å². The van der Waals surface area contributed by atoms with Gasteiger partial charge in [0.15, 0.2) is 0 Å². The molecule has 0 N–H and O–H groups in total. The molecule has 2 heterocycles. The Labute approximate surface area is 161 Å². The van der Waals surface area contributed by atoms with Crippen LogP contribution >= 0.6 is 0 Å². The van der Waals surface area contributed by atoms with E-state index in [2.05, 4.69) is 0 Å². The fraction of sp³-hybridized carbons (Fsp3) is 0.650. The first kappa shape index (κ1) is 20.3. The summed E-state index contributed by atoms with van der Waals surface area (Å²) < 4.78 is 42.6. The summed E-state index contributed by atoms with van der Waals surface area (Å²) in [5, 5.41) is 0. The fourth-order valence-electron chi connectivity index (χ4n) is 3.78. The highest BCUT2D eigenvalue weighted by Crippen LogP contribution is 2.47. The molecule has 27 heavy (non-hydrogen) atoms. The number of esters is 1. The predicted octanol–water partition coefficient (Wildman–Crippen LogP) is 3.23. The number of aryl methyl sites for hydroxylation is 1. The van der Waals surface area contributed by atoms with E-state index in [4.69, 9.17) is 13.7 Å². The highest BCUT2D eigenvalue weighted by atomic mass is 32.2. The van der Waals surface area contributed by atoms with Gasteiger partial charge in [-0.3, -0.25) is 8.98 Å².